The predicted molar refractivity (Wildman–Crippen MR) is 129 cm³/mol. The van der Waals surface area contributed by atoms with E-state index in [9.17, 15) is 27.9 Å². The molecule has 4 heterocycles. The molecule has 1 atom stereocenters. The fourth-order valence-corrected chi connectivity index (χ4v) is 4.24. The first-order valence-electron chi connectivity index (χ1n) is 11.5. The maximum atomic E-state index is 14.0. The van der Waals surface area contributed by atoms with Gasteiger partial charge < -0.3 is 25.6 Å². The topological polar surface area (TPSA) is 165 Å². The zero-order chi connectivity index (χ0) is 28.1. The zero-order valence-electron chi connectivity index (χ0n) is 20.5. The number of aliphatic hydroxyl groups is 1. The van der Waals surface area contributed by atoms with Crippen molar-refractivity contribution >= 4 is 23.5 Å². The number of aryl methyl sites for hydroxylation is 1. The van der Waals surface area contributed by atoms with Crippen LogP contribution in [-0.4, -0.2) is 60.3 Å². The number of halogens is 3. The molecule has 2 amide bonds. The molecule has 0 radical (unpaired) electrons. The fraction of sp³-hybridized carbons (Fsp3) is 0.250. The maximum absolute atomic E-state index is 14.0. The first-order chi connectivity index (χ1) is 18.4. The highest BCUT2D eigenvalue weighted by Gasteiger charge is 2.48. The summed E-state index contributed by atoms with van der Waals surface area (Å²) in [6.07, 6.45) is -3.38. The molecule has 1 fully saturated rings. The number of likely N-dealkylation sites (N-methyl/N-ethyl adjacent to an activating group) is 1. The van der Waals surface area contributed by atoms with Gasteiger partial charge in [-0.2, -0.15) is 18.3 Å². The van der Waals surface area contributed by atoms with Crippen LogP contribution in [0.25, 0.3) is 22.6 Å². The van der Waals surface area contributed by atoms with Crippen molar-refractivity contribution < 1.29 is 32.4 Å². The van der Waals surface area contributed by atoms with Gasteiger partial charge in [0.2, 0.25) is 5.60 Å². The van der Waals surface area contributed by atoms with Gasteiger partial charge in [0.05, 0.1) is 0 Å². The highest BCUT2D eigenvalue weighted by molar-refractivity contribution is 5.94. The Kier molecular flexibility index (Phi) is 6.09. The SMILES string of the molecule is CN1CC[C@@](O)(c2cc(-c3cccc(-c4nc(Nc5ccn(C)n5)c(C(F)(F)F)c(C(N)=O)n4)c3)no2)C1=O. The molecule has 1 saturated heterocycles. The number of nitrogens with two attached hydrogens (primary N) is 1. The molecule has 0 spiro atoms. The second-order valence-electron chi connectivity index (χ2n) is 8.98. The third-order valence-corrected chi connectivity index (χ3v) is 6.23. The lowest BCUT2D eigenvalue weighted by molar-refractivity contribution is -0.144. The molecule has 5 rings (SSSR count). The van der Waals surface area contributed by atoms with Crippen LogP contribution in [-0.2, 0) is 23.6 Å². The van der Waals surface area contributed by atoms with Crippen LogP contribution >= 0.6 is 0 Å². The summed E-state index contributed by atoms with van der Waals surface area (Å²) in [5.41, 5.74) is 1.89. The second kappa shape index (κ2) is 9.20. The first kappa shape index (κ1) is 25.8. The van der Waals surface area contributed by atoms with E-state index in [2.05, 4.69) is 25.5 Å². The van der Waals surface area contributed by atoms with Gasteiger partial charge in [0, 0.05) is 56.5 Å². The van der Waals surface area contributed by atoms with Gasteiger partial charge in [-0.3, -0.25) is 14.3 Å². The van der Waals surface area contributed by atoms with E-state index in [1.807, 2.05) is 0 Å². The van der Waals surface area contributed by atoms with Crippen LogP contribution in [0.5, 0.6) is 0 Å². The Balaban J connectivity index is 1.58. The molecule has 0 bridgehead atoms. The Morgan fingerprint density at radius 3 is 2.54 bits per heavy atom. The molecule has 3 aromatic heterocycles. The van der Waals surface area contributed by atoms with Crippen LogP contribution in [0.15, 0.2) is 47.1 Å². The molecule has 1 aliphatic heterocycles. The third-order valence-electron chi connectivity index (χ3n) is 6.23. The molecule has 0 aliphatic carbocycles. The normalized spacial score (nSPS) is 17.6. The minimum absolute atomic E-state index is 0.0408. The number of anilines is 2. The minimum Gasteiger partial charge on any atom is -0.373 e. The molecule has 1 aromatic carbocycles. The fourth-order valence-electron chi connectivity index (χ4n) is 4.24. The summed E-state index contributed by atoms with van der Waals surface area (Å²) < 4.78 is 48.6. The number of benzene rings is 1. The monoisotopic (exact) mass is 542 g/mol. The van der Waals surface area contributed by atoms with E-state index in [4.69, 9.17) is 10.3 Å². The minimum atomic E-state index is -5.01. The zero-order valence-corrected chi connectivity index (χ0v) is 20.5. The van der Waals surface area contributed by atoms with Crippen molar-refractivity contribution in [2.24, 2.45) is 12.8 Å². The van der Waals surface area contributed by atoms with Crippen molar-refractivity contribution in [3.63, 3.8) is 0 Å². The van der Waals surface area contributed by atoms with E-state index in [0.29, 0.717) is 12.1 Å². The van der Waals surface area contributed by atoms with Gasteiger partial charge in [-0.05, 0) is 6.07 Å². The molecule has 4 aromatic rings. The van der Waals surface area contributed by atoms with Crippen molar-refractivity contribution in [1.82, 2.24) is 29.8 Å². The van der Waals surface area contributed by atoms with Crippen LogP contribution < -0.4 is 11.1 Å². The summed E-state index contributed by atoms with van der Waals surface area (Å²) in [4.78, 5) is 33.7. The van der Waals surface area contributed by atoms with Gasteiger partial charge in [-0.1, -0.05) is 23.4 Å². The molecule has 0 saturated carbocycles. The van der Waals surface area contributed by atoms with Crippen LogP contribution in [0.1, 0.15) is 28.2 Å². The molecule has 202 valence electrons. The summed E-state index contributed by atoms with van der Waals surface area (Å²) in [6.45, 7) is 0.336. The largest absolute Gasteiger partial charge is 0.422 e. The van der Waals surface area contributed by atoms with E-state index in [0.717, 1.165) is 0 Å². The molecule has 12 nitrogen and oxygen atoms in total. The second-order valence-corrected chi connectivity index (χ2v) is 8.98. The standard InChI is InChI=1S/C24H21F3N8O4/c1-34-9-7-23(38,22(34)37)15-11-14(33-39-15)12-4-3-5-13(10-12)20-30-18(19(28)36)17(24(25,26)27)21(31-20)29-16-6-8-35(2)32-16/h3-6,8,10-11,38H,7,9H2,1-2H3,(H2,28,36)(H,29,30,31,32)/t23-/m1/s1. The number of likely N-dealkylation sites (tertiary alicyclic amines) is 1. The van der Waals surface area contributed by atoms with Crippen LogP contribution in [0, 0.1) is 0 Å². The Labute approximate surface area is 218 Å². The van der Waals surface area contributed by atoms with Crippen LogP contribution in [0.4, 0.5) is 24.8 Å². The van der Waals surface area contributed by atoms with E-state index in [-0.39, 0.29) is 35.1 Å². The molecular formula is C24H21F3N8O4. The lowest BCUT2D eigenvalue weighted by Gasteiger charge is -2.16. The van der Waals surface area contributed by atoms with Crippen molar-refractivity contribution in [3.8, 4) is 22.6 Å². The lowest BCUT2D eigenvalue weighted by atomic mass is 9.98. The van der Waals surface area contributed by atoms with Crippen molar-refractivity contribution in [2.45, 2.75) is 18.2 Å². The highest BCUT2D eigenvalue weighted by atomic mass is 19.4. The Morgan fingerprint density at radius 2 is 1.92 bits per heavy atom. The maximum Gasteiger partial charge on any atom is 0.422 e. The third kappa shape index (κ3) is 4.67. The Hall–Kier alpha value is -4.79. The lowest BCUT2D eigenvalue weighted by Crippen LogP contribution is -2.35. The number of nitrogens with zero attached hydrogens (tertiary/aromatic N) is 6. The van der Waals surface area contributed by atoms with E-state index < -0.39 is 40.7 Å². The molecular weight excluding hydrogens is 521 g/mol. The number of alkyl halides is 3. The van der Waals surface area contributed by atoms with Gasteiger partial charge in [-0.25, -0.2) is 9.97 Å². The summed E-state index contributed by atoms with van der Waals surface area (Å²) in [6, 6.07) is 9.06. The van der Waals surface area contributed by atoms with Crippen LogP contribution in [0.3, 0.4) is 0 Å². The molecule has 15 heteroatoms. The van der Waals surface area contributed by atoms with Gasteiger partial charge in [0.1, 0.15) is 22.8 Å². The molecule has 39 heavy (non-hydrogen) atoms. The van der Waals surface area contributed by atoms with E-state index >= 15 is 0 Å². The van der Waals surface area contributed by atoms with E-state index in [1.165, 1.54) is 40.0 Å². The van der Waals surface area contributed by atoms with Gasteiger partial charge in [-0.15, -0.1) is 0 Å². The number of aromatic nitrogens is 5. The van der Waals surface area contributed by atoms with Crippen LogP contribution in [0.2, 0.25) is 0 Å². The van der Waals surface area contributed by atoms with Crippen molar-refractivity contribution in [3.05, 3.63) is 59.6 Å². The smallest absolute Gasteiger partial charge is 0.373 e. The highest BCUT2D eigenvalue weighted by Crippen LogP contribution is 2.39. The van der Waals surface area contributed by atoms with Gasteiger partial charge in [0.15, 0.2) is 17.4 Å². The van der Waals surface area contributed by atoms with Gasteiger partial charge >= 0.3 is 6.18 Å². The molecule has 1 aliphatic rings. The number of carbonyl (C=O) groups excluding carboxylic acids is 2. The summed E-state index contributed by atoms with van der Waals surface area (Å²) in [5.74, 6) is -2.85. The van der Waals surface area contributed by atoms with Crippen molar-refractivity contribution in [2.75, 3.05) is 18.9 Å². The number of hydrogen-bond acceptors (Lipinski definition) is 9. The summed E-state index contributed by atoms with van der Waals surface area (Å²) >= 11 is 0. The number of hydrogen-bond donors (Lipinski definition) is 3. The summed E-state index contributed by atoms with van der Waals surface area (Å²) in [7, 11) is 3.14. The number of amides is 2. The first-order valence-corrected chi connectivity index (χ1v) is 11.5. The number of rotatable bonds is 6. The predicted octanol–water partition coefficient (Wildman–Crippen LogP) is 2.44. The molecule has 4 N–H and O–H groups in total. The summed E-state index contributed by atoms with van der Waals surface area (Å²) in [5, 5.41) is 21.3. The van der Waals surface area contributed by atoms with E-state index in [1.54, 1.807) is 26.2 Å². The number of nitrogens with one attached hydrogen (secondary N) is 1. The average Bonchev–Trinajstić information content (AvgIpc) is 3.60. The Bertz CT molecular complexity index is 1600. The number of carbonyl (C=O) groups is 2. The van der Waals surface area contributed by atoms with Gasteiger partial charge in [0.25, 0.3) is 11.8 Å². The molecule has 0 unspecified atom stereocenters. The van der Waals surface area contributed by atoms with Crippen molar-refractivity contribution in [1.29, 1.82) is 0 Å². The average molecular weight is 542 g/mol. The quantitative estimate of drug-likeness (QED) is 0.332. The number of primary amides is 1. The Morgan fingerprint density at radius 1 is 1.18 bits per heavy atom.